The van der Waals surface area contributed by atoms with Gasteiger partial charge in [-0.2, -0.15) is 8.42 Å². The van der Waals surface area contributed by atoms with E-state index < -0.39 is 22.3 Å². The molecule has 0 radical (unpaired) electrons. The number of thiophene rings is 1. The first-order chi connectivity index (χ1) is 14.7. The third-order valence-corrected chi connectivity index (χ3v) is 6.75. The summed E-state index contributed by atoms with van der Waals surface area (Å²) in [4.78, 5) is 0.0371. The predicted molar refractivity (Wildman–Crippen MR) is 118 cm³/mol. The fraction of sp³-hybridized carbons (Fsp3) is 0.227. The summed E-state index contributed by atoms with van der Waals surface area (Å²) in [5, 5.41) is 16.6. The van der Waals surface area contributed by atoms with Gasteiger partial charge in [0.05, 0.1) is 11.5 Å². The Bertz CT molecular complexity index is 1290. The lowest BCUT2D eigenvalue weighted by molar-refractivity contribution is -0.0230. The smallest absolute Gasteiger partial charge is 0.297 e. The van der Waals surface area contributed by atoms with E-state index in [0.29, 0.717) is 5.75 Å². The molecule has 0 aliphatic heterocycles. The van der Waals surface area contributed by atoms with E-state index in [1.54, 1.807) is 24.3 Å². The van der Waals surface area contributed by atoms with Gasteiger partial charge < -0.3 is 14.4 Å². The first kappa shape index (κ1) is 21.5. The van der Waals surface area contributed by atoms with E-state index >= 15 is 0 Å². The molecule has 7 nitrogen and oxygen atoms in total. The molecule has 4 aromatic rings. The van der Waals surface area contributed by atoms with Gasteiger partial charge in [0.1, 0.15) is 28.4 Å². The molecule has 162 valence electrons. The van der Waals surface area contributed by atoms with Crippen LogP contribution in [0.1, 0.15) is 12.5 Å². The number of hydrogen-bond acceptors (Lipinski definition) is 8. The highest BCUT2D eigenvalue weighted by Gasteiger charge is 2.27. The molecule has 2 aromatic carbocycles. The molecule has 0 unspecified atom stereocenters. The standard InChI is InChI=1S/C22H21NO6S2/c1-15-6-8-18(9-7-15)31(25,26)28-14-22(2,24)13-27-17-5-3-4-16(12-17)20-21-19(29-23-20)10-11-30-21/h3-12,24H,13-14H2,1-2H3/t22-/m1/s1. The van der Waals surface area contributed by atoms with Gasteiger partial charge in [0.25, 0.3) is 10.1 Å². The predicted octanol–water partition coefficient (Wildman–Crippen LogP) is 4.40. The summed E-state index contributed by atoms with van der Waals surface area (Å²) in [7, 11) is -3.98. The van der Waals surface area contributed by atoms with Crippen LogP contribution in [0.4, 0.5) is 0 Å². The Morgan fingerprint density at radius 1 is 1.13 bits per heavy atom. The van der Waals surface area contributed by atoms with E-state index in [9.17, 15) is 13.5 Å². The number of aryl methyl sites for hydroxylation is 1. The average molecular weight is 460 g/mol. The van der Waals surface area contributed by atoms with Crippen molar-refractivity contribution < 1.29 is 27.0 Å². The van der Waals surface area contributed by atoms with Gasteiger partial charge in [0, 0.05) is 5.56 Å². The molecule has 4 rings (SSSR count). The van der Waals surface area contributed by atoms with Crippen molar-refractivity contribution in [2.75, 3.05) is 13.2 Å². The van der Waals surface area contributed by atoms with Gasteiger partial charge in [0.2, 0.25) is 0 Å². The van der Waals surface area contributed by atoms with E-state index in [1.165, 1.54) is 30.4 Å². The Labute approximate surface area is 184 Å². The van der Waals surface area contributed by atoms with E-state index in [4.69, 9.17) is 13.4 Å². The zero-order valence-electron chi connectivity index (χ0n) is 16.9. The molecule has 0 bridgehead atoms. The van der Waals surface area contributed by atoms with Gasteiger partial charge in [-0.05, 0) is 49.6 Å². The molecular weight excluding hydrogens is 438 g/mol. The van der Waals surface area contributed by atoms with Crippen LogP contribution in [0, 0.1) is 6.92 Å². The minimum absolute atomic E-state index is 0.0371. The summed E-state index contributed by atoms with van der Waals surface area (Å²) >= 11 is 1.54. The topological polar surface area (TPSA) is 98.9 Å². The van der Waals surface area contributed by atoms with Crippen molar-refractivity contribution >= 4 is 31.7 Å². The molecular formula is C22H21NO6S2. The van der Waals surface area contributed by atoms with Crippen molar-refractivity contribution in [3.63, 3.8) is 0 Å². The molecule has 0 spiro atoms. The number of aromatic nitrogens is 1. The lowest BCUT2D eigenvalue weighted by Crippen LogP contribution is -2.38. The number of benzene rings is 2. The molecule has 9 heteroatoms. The SMILES string of the molecule is Cc1ccc(S(=O)(=O)OC[C@](C)(O)COc2cccc(-c3noc4ccsc34)c2)cc1. The van der Waals surface area contributed by atoms with Crippen LogP contribution in [0.15, 0.2) is 69.4 Å². The largest absolute Gasteiger partial charge is 0.490 e. The Kier molecular flexibility index (Phi) is 5.85. The van der Waals surface area contributed by atoms with Gasteiger partial charge in [-0.1, -0.05) is 35.0 Å². The third-order valence-electron chi connectivity index (χ3n) is 4.57. The maximum atomic E-state index is 12.3. The summed E-state index contributed by atoms with van der Waals surface area (Å²) in [6, 6.07) is 15.4. The molecule has 0 fully saturated rings. The van der Waals surface area contributed by atoms with E-state index in [0.717, 1.165) is 27.1 Å². The van der Waals surface area contributed by atoms with Crippen LogP contribution in [0.25, 0.3) is 21.5 Å². The quantitative estimate of drug-likeness (QED) is 0.390. The zero-order valence-corrected chi connectivity index (χ0v) is 18.6. The monoisotopic (exact) mass is 459 g/mol. The van der Waals surface area contributed by atoms with Crippen molar-refractivity contribution in [3.05, 3.63) is 65.5 Å². The van der Waals surface area contributed by atoms with Crippen LogP contribution < -0.4 is 4.74 Å². The van der Waals surface area contributed by atoms with Crippen molar-refractivity contribution in [3.8, 4) is 17.0 Å². The summed E-state index contributed by atoms with van der Waals surface area (Å²) in [5.41, 5.74) is 1.67. The van der Waals surface area contributed by atoms with Crippen molar-refractivity contribution in [1.29, 1.82) is 0 Å². The number of aliphatic hydroxyl groups is 1. The van der Waals surface area contributed by atoms with Gasteiger partial charge in [-0.3, -0.25) is 4.18 Å². The van der Waals surface area contributed by atoms with Crippen LogP contribution in [-0.2, 0) is 14.3 Å². The minimum Gasteiger partial charge on any atom is -0.490 e. The van der Waals surface area contributed by atoms with E-state index in [-0.39, 0.29) is 11.5 Å². The molecule has 0 amide bonds. The third kappa shape index (κ3) is 4.96. The Morgan fingerprint density at radius 2 is 1.90 bits per heavy atom. The van der Waals surface area contributed by atoms with Crippen LogP contribution >= 0.6 is 11.3 Å². The molecule has 0 saturated heterocycles. The summed E-state index contributed by atoms with van der Waals surface area (Å²) in [6.07, 6.45) is 0. The van der Waals surface area contributed by atoms with Crippen LogP contribution in [0.3, 0.4) is 0 Å². The first-order valence-electron chi connectivity index (χ1n) is 9.48. The summed E-state index contributed by atoms with van der Waals surface area (Å²) in [5.74, 6) is 0.506. The Balaban J connectivity index is 1.40. The molecule has 0 aliphatic rings. The van der Waals surface area contributed by atoms with Gasteiger partial charge in [-0.15, -0.1) is 11.3 Å². The molecule has 0 saturated carbocycles. The summed E-state index contributed by atoms with van der Waals surface area (Å²) in [6.45, 7) is 2.71. The van der Waals surface area contributed by atoms with Crippen molar-refractivity contribution in [2.24, 2.45) is 0 Å². The molecule has 31 heavy (non-hydrogen) atoms. The normalized spacial score (nSPS) is 13.9. The number of nitrogens with zero attached hydrogens (tertiary/aromatic N) is 1. The first-order valence-corrected chi connectivity index (χ1v) is 11.8. The van der Waals surface area contributed by atoms with Crippen molar-refractivity contribution in [1.82, 2.24) is 5.16 Å². The van der Waals surface area contributed by atoms with Crippen LogP contribution in [0.2, 0.25) is 0 Å². The Hall–Kier alpha value is -2.72. The van der Waals surface area contributed by atoms with Gasteiger partial charge in [0.15, 0.2) is 5.58 Å². The highest BCUT2D eigenvalue weighted by atomic mass is 32.2. The van der Waals surface area contributed by atoms with Gasteiger partial charge in [-0.25, -0.2) is 0 Å². The maximum Gasteiger partial charge on any atom is 0.297 e. The fourth-order valence-electron chi connectivity index (χ4n) is 2.85. The van der Waals surface area contributed by atoms with E-state index in [2.05, 4.69) is 5.16 Å². The van der Waals surface area contributed by atoms with Crippen LogP contribution in [0.5, 0.6) is 5.75 Å². The zero-order chi connectivity index (χ0) is 22.1. The van der Waals surface area contributed by atoms with Gasteiger partial charge >= 0.3 is 0 Å². The molecule has 2 aromatic heterocycles. The van der Waals surface area contributed by atoms with E-state index in [1.807, 2.05) is 30.5 Å². The highest BCUT2D eigenvalue weighted by Crippen LogP contribution is 2.33. The maximum absolute atomic E-state index is 12.3. The number of hydrogen-bond donors (Lipinski definition) is 1. The molecule has 0 aliphatic carbocycles. The molecule has 1 N–H and O–H groups in total. The summed E-state index contributed by atoms with van der Waals surface area (Å²) < 4.78 is 41.7. The second-order valence-electron chi connectivity index (χ2n) is 7.49. The second-order valence-corrected chi connectivity index (χ2v) is 10.0. The number of ether oxygens (including phenoxy) is 1. The van der Waals surface area contributed by atoms with Crippen LogP contribution in [-0.4, -0.2) is 37.5 Å². The highest BCUT2D eigenvalue weighted by molar-refractivity contribution is 7.86. The fourth-order valence-corrected chi connectivity index (χ4v) is 4.68. The lowest BCUT2D eigenvalue weighted by Gasteiger charge is -2.23. The molecule has 2 heterocycles. The molecule has 1 atom stereocenters. The lowest BCUT2D eigenvalue weighted by atomic mass is 10.1. The second kappa shape index (κ2) is 8.43. The average Bonchev–Trinajstić information content (AvgIpc) is 3.36. The minimum atomic E-state index is -3.98. The number of rotatable bonds is 8. The Morgan fingerprint density at radius 3 is 2.68 bits per heavy atom. The van der Waals surface area contributed by atoms with Crippen molar-refractivity contribution in [2.45, 2.75) is 24.3 Å². The number of fused-ring (bicyclic) bond motifs is 1.